The summed E-state index contributed by atoms with van der Waals surface area (Å²) in [4.78, 5) is 11.8. The van der Waals surface area contributed by atoms with Crippen molar-refractivity contribution in [1.29, 1.82) is 0 Å². The number of aliphatic hydroxyl groups is 1. The van der Waals surface area contributed by atoms with Crippen molar-refractivity contribution in [2.45, 2.75) is 12.6 Å². The molecule has 1 atom stereocenters. The van der Waals surface area contributed by atoms with Gasteiger partial charge in [0.2, 0.25) is 0 Å². The number of fused-ring (bicyclic) bond motifs is 1. The molecule has 0 radical (unpaired) electrons. The number of hydrogen-bond acceptors (Lipinski definition) is 2. The highest BCUT2D eigenvalue weighted by Gasteiger charge is 2.21. The fourth-order valence-electron chi connectivity index (χ4n) is 2.70. The first-order chi connectivity index (χ1) is 11.1. The average molecular weight is 373 g/mol. The number of aliphatic hydroxyl groups excluding tert-OH is 1. The summed E-state index contributed by atoms with van der Waals surface area (Å²) in [6.45, 7) is 0.680. The number of nitrogens with one attached hydrogen (secondary N) is 1. The summed E-state index contributed by atoms with van der Waals surface area (Å²) in [5, 5.41) is 13.7. The second-order valence-corrected chi connectivity index (χ2v) is 6.29. The monoisotopic (exact) mass is 372 g/mol. The molecule has 3 aromatic rings. The van der Waals surface area contributed by atoms with Crippen LogP contribution in [0.1, 0.15) is 17.2 Å². The van der Waals surface area contributed by atoms with Crippen molar-refractivity contribution >= 4 is 32.7 Å². The predicted molar refractivity (Wildman–Crippen MR) is 94.2 cm³/mol. The lowest BCUT2D eigenvalue weighted by atomic mass is 10.1. The zero-order valence-electron chi connectivity index (χ0n) is 12.7. The zero-order chi connectivity index (χ0) is 16.4. The lowest BCUT2D eigenvalue weighted by molar-refractivity contribution is -0.129. The minimum atomic E-state index is -1.19. The summed E-state index contributed by atoms with van der Waals surface area (Å²) in [6, 6.07) is 16.0. The van der Waals surface area contributed by atoms with Gasteiger partial charge in [0.05, 0.1) is 0 Å². The van der Waals surface area contributed by atoms with Gasteiger partial charge in [-0.05, 0) is 23.8 Å². The number of amides is 1. The fourth-order valence-corrected chi connectivity index (χ4v) is 3.06. The highest BCUT2D eigenvalue weighted by atomic mass is 79.9. The van der Waals surface area contributed by atoms with Crippen LogP contribution in [0, 0.1) is 0 Å². The molecule has 0 fully saturated rings. The number of likely N-dealkylation sites (N-methyl/N-ethyl adjacent to an activating group) is 1. The van der Waals surface area contributed by atoms with E-state index in [1.165, 1.54) is 7.05 Å². The normalized spacial score (nSPS) is 12.3. The number of rotatable bonds is 4. The van der Waals surface area contributed by atoms with Crippen LogP contribution in [0.4, 0.5) is 0 Å². The molecule has 2 N–H and O–H groups in total. The number of benzene rings is 2. The Labute approximate surface area is 142 Å². The van der Waals surface area contributed by atoms with E-state index in [9.17, 15) is 9.90 Å². The highest BCUT2D eigenvalue weighted by molar-refractivity contribution is 9.10. The van der Waals surface area contributed by atoms with E-state index in [-0.39, 0.29) is 0 Å². The predicted octanol–water partition coefficient (Wildman–Crippen LogP) is 3.23. The zero-order valence-corrected chi connectivity index (χ0v) is 14.2. The van der Waals surface area contributed by atoms with Crippen LogP contribution in [0.25, 0.3) is 10.9 Å². The quantitative estimate of drug-likeness (QED) is 0.738. The Bertz CT molecular complexity index is 843. The van der Waals surface area contributed by atoms with E-state index in [1.807, 2.05) is 42.6 Å². The van der Waals surface area contributed by atoms with Crippen molar-refractivity contribution in [3.05, 3.63) is 70.3 Å². The molecule has 3 rings (SSSR count). The van der Waals surface area contributed by atoms with E-state index < -0.39 is 12.0 Å². The molecular formula is C18H17BrN2O2. The van der Waals surface area contributed by atoms with Crippen molar-refractivity contribution in [1.82, 2.24) is 9.88 Å². The molecule has 1 amide bonds. The number of halogens is 1. The lowest BCUT2D eigenvalue weighted by Crippen LogP contribution is -2.25. The molecule has 0 bridgehead atoms. The molecule has 0 aliphatic carbocycles. The minimum Gasteiger partial charge on any atom is -0.378 e. The third-order valence-electron chi connectivity index (χ3n) is 3.86. The van der Waals surface area contributed by atoms with Crippen LogP contribution in [0.3, 0.4) is 0 Å². The minimum absolute atomic E-state index is 0.413. The Morgan fingerprint density at radius 3 is 2.70 bits per heavy atom. The van der Waals surface area contributed by atoms with E-state index in [0.717, 1.165) is 20.9 Å². The van der Waals surface area contributed by atoms with Gasteiger partial charge in [0.15, 0.2) is 6.10 Å². The maximum absolute atomic E-state index is 11.8. The van der Waals surface area contributed by atoms with Crippen LogP contribution in [-0.4, -0.2) is 22.6 Å². The van der Waals surface area contributed by atoms with Crippen molar-refractivity contribution < 1.29 is 9.90 Å². The third kappa shape index (κ3) is 3.16. The van der Waals surface area contributed by atoms with Crippen LogP contribution in [0.2, 0.25) is 0 Å². The van der Waals surface area contributed by atoms with Crippen LogP contribution in [-0.2, 0) is 11.3 Å². The second kappa shape index (κ2) is 6.56. The molecule has 0 saturated heterocycles. The van der Waals surface area contributed by atoms with Crippen LogP contribution in [0.15, 0.2) is 59.2 Å². The van der Waals surface area contributed by atoms with Gasteiger partial charge in [0, 0.05) is 40.7 Å². The topological polar surface area (TPSA) is 54.3 Å². The van der Waals surface area contributed by atoms with Crippen molar-refractivity contribution in [3.8, 4) is 0 Å². The van der Waals surface area contributed by atoms with Crippen molar-refractivity contribution in [3.63, 3.8) is 0 Å². The van der Waals surface area contributed by atoms with Gasteiger partial charge in [-0.25, -0.2) is 0 Å². The number of carbonyl (C=O) groups excluding carboxylic acids is 1. The number of carbonyl (C=O) groups is 1. The molecule has 0 spiro atoms. The van der Waals surface area contributed by atoms with Crippen LogP contribution < -0.4 is 5.32 Å². The molecule has 0 aliphatic heterocycles. The molecule has 118 valence electrons. The Morgan fingerprint density at radius 2 is 2.00 bits per heavy atom. The van der Waals surface area contributed by atoms with Gasteiger partial charge in [0.25, 0.3) is 5.91 Å². The van der Waals surface area contributed by atoms with Gasteiger partial charge in [-0.3, -0.25) is 4.79 Å². The molecule has 23 heavy (non-hydrogen) atoms. The maximum Gasteiger partial charge on any atom is 0.253 e. The van der Waals surface area contributed by atoms with Gasteiger partial charge in [0.1, 0.15) is 0 Å². The average Bonchev–Trinajstić information content (AvgIpc) is 2.92. The molecule has 4 nitrogen and oxygen atoms in total. The highest BCUT2D eigenvalue weighted by Crippen LogP contribution is 2.30. The van der Waals surface area contributed by atoms with Gasteiger partial charge >= 0.3 is 0 Å². The SMILES string of the molecule is CNC(=O)[C@@H](O)c1cn(Cc2ccccc2)c2ccc(Br)cc12. The first kappa shape index (κ1) is 15.8. The molecule has 0 aliphatic rings. The standard InChI is InChI=1S/C18H17BrN2O2/c1-20-18(23)17(22)15-11-21(10-12-5-3-2-4-6-12)16-8-7-13(19)9-14(15)16/h2-9,11,17,22H,10H2,1H3,(H,20,23)/t17-/m0/s1. The maximum atomic E-state index is 11.8. The molecular weight excluding hydrogens is 356 g/mol. The summed E-state index contributed by atoms with van der Waals surface area (Å²) in [6.07, 6.45) is 0.665. The lowest BCUT2D eigenvalue weighted by Gasteiger charge is -2.07. The molecule has 0 saturated carbocycles. The number of nitrogens with zero attached hydrogens (tertiary/aromatic N) is 1. The first-order valence-corrected chi connectivity index (χ1v) is 8.11. The smallest absolute Gasteiger partial charge is 0.253 e. The molecule has 0 unspecified atom stereocenters. The van der Waals surface area contributed by atoms with E-state index in [2.05, 4.69) is 37.9 Å². The fraction of sp³-hybridized carbons (Fsp3) is 0.167. The molecule has 5 heteroatoms. The Morgan fingerprint density at radius 1 is 1.26 bits per heavy atom. The summed E-state index contributed by atoms with van der Waals surface area (Å²) in [5.41, 5.74) is 2.75. The first-order valence-electron chi connectivity index (χ1n) is 7.32. The van der Waals surface area contributed by atoms with E-state index in [4.69, 9.17) is 0 Å². The van der Waals surface area contributed by atoms with E-state index in [1.54, 1.807) is 0 Å². The van der Waals surface area contributed by atoms with Gasteiger partial charge in [-0.15, -0.1) is 0 Å². The summed E-state index contributed by atoms with van der Waals surface area (Å²) in [5.74, 6) is -0.413. The third-order valence-corrected chi connectivity index (χ3v) is 4.35. The summed E-state index contributed by atoms with van der Waals surface area (Å²) < 4.78 is 2.96. The largest absolute Gasteiger partial charge is 0.378 e. The summed E-state index contributed by atoms with van der Waals surface area (Å²) >= 11 is 3.45. The van der Waals surface area contributed by atoms with E-state index >= 15 is 0 Å². The number of hydrogen-bond donors (Lipinski definition) is 2. The van der Waals surface area contributed by atoms with Crippen molar-refractivity contribution in [2.24, 2.45) is 0 Å². The van der Waals surface area contributed by atoms with Gasteiger partial charge in [-0.2, -0.15) is 0 Å². The number of aromatic nitrogens is 1. The Hall–Kier alpha value is -2.11. The molecule has 1 aromatic heterocycles. The van der Waals surface area contributed by atoms with Crippen LogP contribution >= 0.6 is 15.9 Å². The second-order valence-electron chi connectivity index (χ2n) is 5.38. The molecule has 1 heterocycles. The van der Waals surface area contributed by atoms with Crippen LogP contribution in [0.5, 0.6) is 0 Å². The Balaban J connectivity index is 2.10. The molecule has 2 aromatic carbocycles. The van der Waals surface area contributed by atoms with Gasteiger partial charge < -0.3 is 15.0 Å². The Kier molecular flexibility index (Phi) is 4.50. The van der Waals surface area contributed by atoms with E-state index in [0.29, 0.717) is 12.1 Å². The summed E-state index contributed by atoms with van der Waals surface area (Å²) in [7, 11) is 1.52. The van der Waals surface area contributed by atoms with Crippen molar-refractivity contribution in [2.75, 3.05) is 7.05 Å². The van der Waals surface area contributed by atoms with Gasteiger partial charge in [-0.1, -0.05) is 46.3 Å².